The van der Waals surface area contributed by atoms with Crippen LogP contribution in [-0.4, -0.2) is 58.0 Å². The predicted molar refractivity (Wildman–Crippen MR) is 125 cm³/mol. The van der Waals surface area contributed by atoms with Crippen molar-refractivity contribution < 1.29 is 9.47 Å². The van der Waals surface area contributed by atoms with Crippen LogP contribution in [0, 0.1) is 5.92 Å². The average Bonchev–Trinajstić information content (AvgIpc) is 3.25. The van der Waals surface area contributed by atoms with Gasteiger partial charge in [-0.3, -0.25) is 4.68 Å². The van der Waals surface area contributed by atoms with Crippen molar-refractivity contribution in [2.75, 3.05) is 26.2 Å². The number of aliphatic imine (C=N–C) groups is 1. The quantitative estimate of drug-likeness (QED) is 0.549. The van der Waals surface area contributed by atoms with Crippen LogP contribution >= 0.6 is 0 Å². The van der Waals surface area contributed by atoms with E-state index < -0.39 is 0 Å². The summed E-state index contributed by atoms with van der Waals surface area (Å²) >= 11 is 0. The van der Waals surface area contributed by atoms with Crippen molar-refractivity contribution in [1.29, 1.82) is 0 Å². The van der Waals surface area contributed by atoms with Gasteiger partial charge in [0.2, 0.25) is 5.88 Å². The molecule has 1 unspecified atom stereocenters. The molecule has 1 aliphatic carbocycles. The van der Waals surface area contributed by atoms with Crippen molar-refractivity contribution in [3.63, 3.8) is 0 Å². The molecule has 2 aromatic rings. The fourth-order valence-corrected chi connectivity index (χ4v) is 4.37. The van der Waals surface area contributed by atoms with Crippen molar-refractivity contribution in [2.45, 2.75) is 58.3 Å². The minimum atomic E-state index is 0.000413. The highest BCUT2D eigenvalue weighted by atomic mass is 16.5. The first kappa shape index (κ1) is 22.6. The van der Waals surface area contributed by atoms with Crippen LogP contribution in [0.4, 0.5) is 0 Å². The summed E-state index contributed by atoms with van der Waals surface area (Å²) < 4.78 is 14.0. The lowest BCUT2D eigenvalue weighted by Crippen LogP contribution is -2.48. The number of nitrogens with one attached hydrogen (secondary N) is 1. The van der Waals surface area contributed by atoms with Crippen molar-refractivity contribution in [3.8, 4) is 5.88 Å². The van der Waals surface area contributed by atoms with Gasteiger partial charge in [-0.1, -0.05) is 6.92 Å². The number of nitrogens with zero attached hydrogens (tertiary/aromatic N) is 5. The number of aryl methyl sites for hydroxylation is 1. The van der Waals surface area contributed by atoms with Crippen molar-refractivity contribution >= 4 is 5.96 Å². The first-order valence-corrected chi connectivity index (χ1v) is 11.9. The summed E-state index contributed by atoms with van der Waals surface area (Å²) in [6, 6.07) is 4.05. The summed E-state index contributed by atoms with van der Waals surface area (Å²) in [5.41, 5.74) is 2.20. The molecular formula is C24H36N6O2. The molecule has 1 saturated carbocycles. The SMILES string of the molecule is CCNC(=NCc1ccnc(OC2CCC(C)CC2)c1)N1CCOC(c2cnn(C)c2)C1. The third kappa shape index (κ3) is 6.00. The molecule has 8 nitrogen and oxygen atoms in total. The number of rotatable bonds is 6. The van der Waals surface area contributed by atoms with E-state index in [-0.39, 0.29) is 12.2 Å². The second kappa shape index (κ2) is 10.8. The molecule has 174 valence electrons. The van der Waals surface area contributed by atoms with Gasteiger partial charge >= 0.3 is 0 Å². The van der Waals surface area contributed by atoms with E-state index >= 15 is 0 Å². The zero-order valence-electron chi connectivity index (χ0n) is 19.5. The molecular weight excluding hydrogens is 404 g/mol. The second-order valence-corrected chi connectivity index (χ2v) is 8.93. The Morgan fingerprint density at radius 1 is 1.31 bits per heavy atom. The van der Waals surface area contributed by atoms with E-state index in [1.807, 2.05) is 42.5 Å². The van der Waals surface area contributed by atoms with E-state index in [4.69, 9.17) is 14.5 Å². The first-order chi connectivity index (χ1) is 15.6. The molecule has 1 aliphatic heterocycles. The molecule has 0 spiro atoms. The highest BCUT2D eigenvalue weighted by Crippen LogP contribution is 2.27. The minimum absolute atomic E-state index is 0.000413. The first-order valence-electron chi connectivity index (χ1n) is 11.9. The molecule has 3 heterocycles. The lowest BCUT2D eigenvalue weighted by Gasteiger charge is -2.34. The summed E-state index contributed by atoms with van der Waals surface area (Å²) in [4.78, 5) is 11.6. The lowest BCUT2D eigenvalue weighted by molar-refractivity contribution is -0.00805. The minimum Gasteiger partial charge on any atom is -0.474 e. The Balaban J connectivity index is 1.39. The van der Waals surface area contributed by atoms with Crippen LogP contribution < -0.4 is 10.1 Å². The van der Waals surface area contributed by atoms with Crippen LogP contribution in [0.15, 0.2) is 35.7 Å². The summed E-state index contributed by atoms with van der Waals surface area (Å²) in [5, 5.41) is 7.72. The smallest absolute Gasteiger partial charge is 0.213 e. The van der Waals surface area contributed by atoms with E-state index in [2.05, 4.69) is 34.1 Å². The van der Waals surface area contributed by atoms with Crippen molar-refractivity contribution in [2.24, 2.45) is 18.0 Å². The molecule has 0 amide bonds. The van der Waals surface area contributed by atoms with Crippen LogP contribution in [0.3, 0.4) is 0 Å². The largest absolute Gasteiger partial charge is 0.474 e. The van der Waals surface area contributed by atoms with Gasteiger partial charge in [-0.2, -0.15) is 5.10 Å². The van der Waals surface area contributed by atoms with E-state index in [1.165, 1.54) is 12.8 Å². The molecule has 2 aliphatic rings. The Bertz CT molecular complexity index is 890. The Morgan fingerprint density at radius 2 is 2.16 bits per heavy atom. The molecule has 1 saturated heterocycles. The van der Waals surface area contributed by atoms with Gasteiger partial charge in [-0.05, 0) is 50.2 Å². The Kier molecular flexibility index (Phi) is 7.63. The van der Waals surface area contributed by atoms with Crippen LogP contribution in [0.1, 0.15) is 56.8 Å². The predicted octanol–water partition coefficient (Wildman–Crippen LogP) is 3.31. The molecule has 2 fully saturated rings. The Hall–Kier alpha value is -2.61. The van der Waals surface area contributed by atoms with Gasteiger partial charge in [-0.15, -0.1) is 0 Å². The number of hydrogen-bond donors (Lipinski definition) is 1. The number of guanidine groups is 1. The second-order valence-electron chi connectivity index (χ2n) is 8.93. The standard InChI is InChI=1S/C24H36N6O2/c1-4-25-24(30-11-12-31-22(17-30)20-15-28-29(3)16-20)27-14-19-9-10-26-23(13-19)32-21-7-5-18(2)6-8-21/h9-10,13,15-16,18,21-22H,4-8,11-12,14,17H2,1-3H3,(H,25,27). The Morgan fingerprint density at radius 3 is 2.91 bits per heavy atom. The van der Waals surface area contributed by atoms with Gasteiger partial charge in [0.25, 0.3) is 0 Å². The molecule has 0 aromatic carbocycles. The van der Waals surface area contributed by atoms with Gasteiger partial charge in [0.15, 0.2) is 5.96 Å². The molecule has 1 N–H and O–H groups in total. The monoisotopic (exact) mass is 440 g/mol. The molecule has 2 aromatic heterocycles. The molecule has 4 rings (SSSR count). The van der Waals surface area contributed by atoms with E-state index in [0.717, 1.165) is 55.5 Å². The fraction of sp³-hybridized carbons (Fsp3) is 0.625. The average molecular weight is 441 g/mol. The fourth-order valence-electron chi connectivity index (χ4n) is 4.37. The zero-order chi connectivity index (χ0) is 22.3. The number of hydrogen-bond acceptors (Lipinski definition) is 5. The van der Waals surface area contributed by atoms with Crippen molar-refractivity contribution in [1.82, 2.24) is 25.0 Å². The summed E-state index contributed by atoms with van der Waals surface area (Å²) in [6.07, 6.45) is 10.7. The van der Waals surface area contributed by atoms with E-state index in [0.29, 0.717) is 19.0 Å². The molecule has 1 atom stereocenters. The molecule has 0 radical (unpaired) electrons. The summed E-state index contributed by atoms with van der Waals surface area (Å²) in [7, 11) is 1.93. The van der Waals surface area contributed by atoms with Crippen LogP contribution in [-0.2, 0) is 18.3 Å². The van der Waals surface area contributed by atoms with Crippen LogP contribution in [0.5, 0.6) is 5.88 Å². The van der Waals surface area contributed by atoms with E-state index in [1.54, 1.807) is 0 Å². The molecule has 8 heteroatoms. The van der Waals surface area contributed by atoms with Crippen LogP contribution in [0.25, 0.3) is 0 Å². The van der Waals surface area contributed by atoms with Gasteiger partial charge < -0.3 is 19.7 Å². The Labute approximate surface area is 191 Å². The van der Waals surface area contributed by atoms with Crippen LogP contribution in [0.2, 0.25) is 0 Å². The van der Waals surface area contributed by atoms with Gasteiger partial charge in [-0.25, -0.2) is 9.98 Å². The number of morpholine rings is 1. The van der Waals surface area contributed by atoms with Gasteiger partial charge in [0.05, 0.1) is 25.9 Å². The molecule has 0 bridgehead atoms. The van der Waals surface area contributed by atoms with Gasteiger partial charge in [0.1, 0.15) is 12.2 Å². The lowest BCUT2D eigenvalue weighted by atomic mass is 9.89. The van der Waals surface area contributed by atoms with E-state index in [9.17, 15) is 0 Å². The topological polar surface area (TPSA) is 76.8 Å². The zero-order valence-corrected chi connectivity index (χ0v) is 19.5. The summed E-state index contributed by atoms with van der Waals surface area (Å²) in [5.74, 6) is 2.43. The molecule has 32 heavy (non-hydrogen) atoms. The maximum absolute atomic E-state index is 6.17. The maximum atomic E-state index is 6.17. The third-order valence-electron chi connectivity index (χ3n) is 6.26. The van der Waals surface area contributed by atoms with Gasteiger partial charge in [0, 0.05) is 44.2 Å². The summed E-state index contributed by atoms with van der Waals surface area (Å²) in [6.45, 7) is 8.05. The highest BCUT2D eigenvalue weighted by molar-refractivity contribution is 5.80. The number of ether oxygens (including phenoxy) is 2. The highest BCUT2D eigenvalue weighted by Gasteiger charge is 2.25. The van der Waals surface area contributed by atoms with Crippen molar-refractivity contribution in [3.05, 3.63) is 41.9 Å². The third-order valence-corrected chi connectivity index (χ3v) is 6.26. The normalized spacial score (nSPS) is 24.4. The number of aromatic nitrogens is 3. The maximum Gasteiger partial charge on any atom is 0.213 e. The number of pyridine rings is 1.